The predicted octanol–water partition coefficient (Wildman–Crippen LogP) is 2.30. The molecule has 5 heteroatoms. The number of hydrogen-bond donors (Lipinski definition) is 1. The second kappa shape index (κ2) is 6.48. The second-order valence-corrected chi connectivity index (χ2v) is 6.70. The van der Waals surface area contributed by atoms with Crippen LogP contribution in [0.25, 0.3) is 0 Å². The zero-order valence-corrected chi connectivity index (χ0v) is 13.3. The molecule has 22 heavy (non-hydrogen) atoms. The number of nitrogens with zero attached hydrogens (tertiary/aromatic N) is 1. The Morgan fingerprint density at radius 2 is 2.09 bits per heavy atom. The highest BCUT2D eigenvalue weighted by Crippen LogP contribution is 2.24. The molecule has 1 fully saturated rings. The van der Waals surface area contributed by atoms with E-state index in [1.54, 1.807) is 4.90 Å². The molecule has 0 aromatic heterocycles. The third-order valence-electron chi connectivity index (χ3n) is 3.85. The SMILES string of the molecule is CC(C)(C)c1cccc(C(=O)N2CC[C@H](OCC(=O)O)C2)c1. The number of likely N-dealkylation sites (tertiary alicyclic amines) is 1. The molecule has 0 unspecified atom stereocenters. The predicted molar refractivity (Wildman–Crippen MR) is 83.0 cm³/mol. The fraction of sp³-hybridized carbons (Fsp3) is 0.529. The van der Waals surface area contributed by atoms with E-state index < -0.39 is 5.97 Å². The molecule has 0 saturated carbocycles. The van der Waals surface area contributed by atoms with Crippen LogP contribution >= 0.6 is 0 Å². The first-order valence-corrected chi connectivity index (χ1v) is 7.50. The van der Waals surface area contributed by atoms with Crippen LogP contribution in [0.2, 0.25) is 0 Å². The van der Waals surface area contributed by atoms with Gasteiger partial charge in [-0.2, -0.15) is 0 Å². The van der Waals surface area contributed by atoms with Gasteiger partial charge in [0.1, 0.15) is 6.61 Å². The number of carbonyl (C=O) groups is 2. The molecule has 2 rings (SSSR count). The van der Waals surface area contributed by atoms with Crippen LogP contribution in [0, 0.1) is 0 Å². The minimum absolute atomic E-state index is 0.00552. The van der Waals surface area contributed by atoms with Crippen LogP contribution in [0.1, 0.15) is 43.1 Å². The quantitative estimate of drug-likeness (QED) is 0.927. The average Bonchev–Trinajstić information content (AvgIpc) is 2.92. The van der Waals surface area contributed by atoms with Crippen molar-refractivity contribution in [2.75, 3.05) is 19.7 Å². The molecule has 0 aliphatic carbocycles. The lowest BCUT2D eigenvalue weighted by molar-refractivity contribution is -0.144. The van der Waals surface area contributed by atoms with E-state index in [2.05, 4.69) is 20.8 Å². The number of hydrogen-bond acceptors (Lipinski definition) is 3. The Labute approximate surface area is 130 Å². The second-order valence-electron chi connectivity index (χ2n) is 6.70. The third kappa shape index (κ3) is 4.07. The highest BCUT2D eigenvalue weighted by Gasteiger charge is 2.28. The van der Waals surface area contributed by atoms with Gasteiger partial charge in [-0.3, -0.25) is 4.79 Å². The van der Waals surface area contributed by atoms with Crippen LogP contribution in [-0.2, 0) is 14.9 Å². The zero-order valence-electron chi connectivity index (χ0n) is 13.3. The Balaban J connectivity index is 2.02. The summed E-state index contributed by atoms with van der Waals surface area (Å²) in [5.41, 5.74) is 1.79. The molecule has 1 saturated heterocycles. The molecule has 1 amide bonds. The first-order valence-electron chi connectivity index (χ1n) is 7.50. The van der Waals surface area contributed by atoms with Gasteiger partial charge in [-0.05, 0) is 29.5 Å². The maximum absolute atomic E-state index is 12.6. The van der Waals surface area contributed by atoms with Crippen molar-refractivity contribution >= 4 is 11.9 Å². The molecule has 1 aromatic rings. The number of amides is 1. The molecular weight excluding hydrogens is 282 g/mol. The van der Waals surface area contributed by atoms with Gasteiger partial charge in [0, 0.05) is 18.7 Å². The minimum atomic E-state index is -0.984. The maximum atomic E-state index is 12.6. The molecule has 1 N–H and O–H groups in total. The highest BCUT2D eigenvalue weighted by atomic mass is 16.5. The first-order chi connectivity index (χ1) is 10.3. The van der Waals surface area contributed by atoms with Crippen LogP contribution in [0.15, 0.2) is 24.3 Å². The van der Waals surface area contributed by atoms with Gasteiger partial charge in [0.2, 0.25) is 0 Å². The molecule has 0 radical (unpaired) electrons. The standard InChI is InChI=1S/C17H23NO4/c1-17(2,3)13-6-4-5-12(9-13)16(21)18-8-7-14(10-18)22-11-15(19)20/h4-6,9,14H,7-8,10-11H2,1-3H3,(H,19,20)/t14-/m0/s1. The van der Waals surface area contributed by atoms with Crippen LogP contribution < -0.4 is 0 Å². The van der Waals surface area contributed by atoms with Gasteiger partial charge in [0.15, 0.2) is 0 Å². The van der Waals surface area contributed by atoms with Crippen molar-refractivity contribution in [2.24, 2.45) is 0 Å². The van der Waals surface area contributed by atoms with Gasteiger partial charge >= 0.3 is 5.97 Å². The Bertz CT molecular complexity index is 562. The molecule has 1 aliphatic heterocycles. The Kier molecular flexibility index (Phi) is 4.86. The van der Waals surface area contributed by atoms with Gasteiger partial charge in [0.05, 0.1) is 6.10 Å². The van der Waals surface area contributed by atoms with Crippen LogP contribution in [0.3, 0.4) is 0 Å². The number of carbonyl (C=O) groups excluding carboxylic acids is 1. The molecular formula is C17H23NO4. The van der Waals surface area contributed by atoms with Crippen molar-refractivity contribution in [3.63, 3.8) is 0 Å². The minimum Gasteiger partial charge on any atom is -0.480 e. The van der Waals surface area contributed by atoms with Gasteiger partial charge in [-0.25, -0.2) is 4.79 Å². The summed E-state index contributed by atoms with van der Waals surface area (Å²) in [5, 5.41) is 8.63. The van der Waals surface area contributed by atoms with Crippen molar-refractivity contribution < 1.29 is 19.4 Å². The molecule has 0 bridgehead atoms. The van der Waals surface area contributed by atoms with Crippen LogP contribution in [0.5, 0.6) is 0 Å². The number of rotatable bonds is 4. The van der Waals surface area contributed by atoms with Crippen molar-refractivity contribution in [2.45, 2.75) is 38.7 Å². The summed E-state index contributed by atoms with van der Waals surface area (Å²) in [6.07, 6.45) is 0.490. The van der Waals surface area contributed by atoms with E-state index in [1.807, 2.05) is 24.3 Å². The van der Waals surface area contributed by atoms with Gasteiger partial charge in [-0.15, -0.1) is 0 Å². The topological polar surface area (TPSA) is 66.8 Å². The number of carboxylic acids is 1. The van der Waals surface area contributed by atoms with Crippen LogP contribution in [-0.4, -0.2) is 47.7 Å². The van der Waals surface area contributed by atoms with Crippen molar-refractivity contribution in [3.8, 4) is 0 Å². The average molecular weight is 305 g/mol. The largest absolute Gasteiger partial charge is 0.480 e. The number of benzene rings is 1. The molecule has 1 aromatic carbocycles. The summed E-state index contributed by atoms with van der Waals surface area (Å²) >= 11 is 0. The fourth-order valence-corrected chi connectivity index (χ4v) is 2.54. The smallest absolute Gasteiger partial charge is 0.329 e. The number of aliphatic carboxylic acids is 1. The monoisotopic (exact) mass is 305 g/mol. The Morgan fingerprint density at radius 1 is 1.36 bits per heavy atom. The van der Waals surface area contributed by atoms with Crippen LogP contribution in [0.4, 0.5) is 0 Å². The van der Waals surface area contributed by atoms with Gasteiger partial charge in [-0.1, -0.05) is 32.9 Å². The molecule has 0 spiro atoms. The normalized spacial score (nSPS) is 18.5. The van der Waals surface area contributed by atoms with E-state index in [0.29, 0.717) is 25.1 Å². The summed E-state index contributed by atoms with van der Waals surface area (Å²) in [7, 11) is 0. The van der Waals surface area contributed by atoms with E-state index in [9.17, 15) is 9.59 Å². The van der Waals surface area contributed by atoms with E-state index in [4.69, 9.17) is 9.84 Å². The number of ether oxygens (including phenoxy) is 1. The van der Waals surface area contributed by atoms with Crippen molar-refractivity contribution in [3.05, 3.63) is 35.4 Å². The lowest BCUT2D eigenvalue weighted by Crippen LogP contribution is -2.31. The first kappa shape index (κ1) is 16.5. The Hall–Kier alpha value is -1.88. The lowest BCUT2D eigenvalue weighted by atomic mass is 9.86. The summed E-state index contributed by atoms with van der Waals surface area (Å²) in [6, 6.07) is 7.69. The van der Waals surface area contributed by atoms with E-state index >= 15 is 0 Å². The summed E-state index contributed by atoms with van der Waals surface area (Å²) in [5.74, 6) is -1.00. The molecule has 5 nitrogen and oxygen atoms in total. The van der Waals surface area contributed by atoms with Gasteiger partial charge < -0.3 is 14.7 Å². The highest BCUT2D eigenvalue weighted by molar-refractivity contribution is 5.94. The Morgan fingerprint density at radius 3 is 2.73 bits per heavy atom. The van der Waals surface area contributed by atoms with E-state index in [1.165, 1.54) is 0 Å². The van der Waals surface area contributed by atoms with Gasteiger partial charge in [0.25, 0.3) is 5.91 Å². The molecule has 1 atom stereocenters. The summed E-state index contributed by atoms with van der Waals surface area (Å²) in [6.45, 7) is 7.08. The third-order valence-corrected chi connectivity index (χ3v) is 3.85. The number of carboxylic acid groups (broad SMARTS) is 1. The van der Waals surface area contributed by atoms with E-state index in [0.717, 1.165) is 5.56 Å². The van der Waals surface area contributed by atoms with Crippen molar-refractivity contribution in [1.29, 1.82) is 0 Å². The molecule has 120 valence electrons. The fourth-order valence-electron chi connectivity index (χ4n) is 2.54. The maximum Gasteiger partial charge on any atom is 0.329 e. The molecule has 1 heterocycles. The lowest BCUT2D eigenvalue weighted by Gasteiger charge is -2.21. The molecule has 1 aliphatic rings. The van der Waals surface area contributed by atoms with E-state index in [-0.39, 0.29) is 24.0 Å². The zero-order chi connectivity index (χ0) is 16.3. The summed E-state index contributed by atoms with van der Waals surface area (Å²) in [4.78, 5) is 24.8. The summed E-state index contributed by atoms with van der Waals surface area (Å²) < 4.78 is 5.27. The van der Waals surface area contributed by atoms with Crippen molar-refractivity contribution in [1.82, 2.24) is 4.90 Å².